The van der Waals surface area contributed by atoms with Crippen LogP contribution >= 0.6 is 0 Å². The van der Waals surface area contributed by atoms with Crippen molar-refractivity contribution in [1.82, 2.24) is 9.29 Å². The number of hydrogen-bond donors (Lipinski definition) is 0. The van der Waals surface area contributed by atoms with Gasteiger partial charge in [-0.3, -0.25) is 9.78 Å². The summed E-state index contributed by atoms with van der Waals surface area (Å²) in [5, 5.41) is 0. The van der Waals surface area contributed by atoms with Crippen LogP contribution in [-0.4, -0.2) is 48.0 Å². The second kappa shape index (κ2) is 6.57. The molecule has 3 rings (SSSR count). The van der Waals surface area contributed by atoms with Crippen molar-refractivity contribution in [2.75, 3.05) is 17.2 Å². The lowest BCUT2D eigenvalue weighted by Crippen LogP contribution is -2.53. The Bertz CT molecular complexity index is 662. The van der Waals surface area contributed by atoms with Crippen LogP contribution in [-0.2, 0) is 14.8 Å². The van der Waals surface area contributed by atoms with Gasteiger partial charge in [0.1, 0.15) is 0 Å². The average Bonchev–Trinajstić information content (AvgIpc) is 2.98. The first-order valence-corrected chi connectivity index (χ1v) is 9.87. The number of hydrogen-bond acceptors (Lipinski definition) is 4. The van der Waals surface area contributed by atoms with Gasteiger partial charge in [0.2, 0.25) is 15.9 Å². The molecule has 6 nitrogen and oxygen atoms in total. The van der Waals surface area contributed by atoms with Gasteiger partial charge < -0.3 is 4.90 Å². The Morgan fingerprint density at radius 3 is 2.83 bits per heavy atom. The smallest absolute Gasteiger partial charge is 0.227 e. The van der Waals surface area contributed by atoms with Gasteiger partial charge in [-0.15, -0.1) is 0 Å². The van der Waals surface area contributed by atoms with Crippen molar-refractivity contribution in [1.29, 1.82) is 0 Å². The van der Waals surface area contributed by atoms with Crippen LogP contribution in [0, 0.1) is 0 Å². The number of unbranched alkanes of at least 4 members (excludes halogenated alkanes) is 1. The van der Waals surface area contributed by atoms with Crippen LogP contribution in [0.3, 0.4) is 0 Å². The molecule has 0 radical (unpaired) electrons. The lowest BCUT2D eigenvalue weighted by Gasteiger charge is -2.39. The van der Waals surface area contributed by atoms with Crippen molar-refractivity contribution in [3.8, 4) is 0 Å². The predicted octanol–water partition coefficient (Wildman–Crippen LogP) is 1.78. The number of rotatable bonds is 5. The van der Waals surface area contributed by atoms with Crippen LogP contribution in [0.5, 0.6) is 0 Å². The van der Waals surface area contributed by atoms with Crippen LogP contribution in [0.2, 0.25) is 0 Å². The molecule has 7 heteroatoms. The van der Waals surface area contributed by atoms with E-state index < -0.39 is 10.0 Å². The molecule has 2 fully saturated rings. The zero-order valence-corrected chi connectivity index (χ0v) is 14.2. The molecule has 0 unspecified atom stereocenters. The van der Waals surface area contributed by atoms with Crippen LogP contribution in [0.25, 0.3) is 0 Å². The number of amides is 1. The molecule has 0 saturated carbocycles. The van der Waals surface area contributed by atoms with Crippen LogP contribution in [0.4, 0.5) is 5.69 Å². The van der Waals surface area contributed by atoms with Crippen LogP contribution in [0.15, 0.2) is 24.5 Å². The van der Waals surface area contributed by atoms with E-state index in [1.807, 2.05) is 13.0 Å². The number of sulfonamides is 1. The molecule has 1 amide bonds. The van der Waals surface area contributed by atoms with Crippen molar-refractivity contribution in [2.45, 2.75) is 51.1 Å². The summed E-state index contributed by atoms with van der Waals surface area (Å²) in [6, 6.07) is 3.49. The molecular formula is C16H23N3O3S. The Morgan fingerprint density at radius 2 is 2.13 bits per heavy atom. The molecule has 1 aromatic heterocycles. The monoisotopic (exact) mass is 337 g/mol. The van der Waals surface area contributed by atoms with Gasteiger partial charge in [-0.05, 0) is 31.4 Å². The molecule has 0 spiro atoms. The maximum absolute atomic E-state index is 12.6. The van der Waals surface area contributed by atoms with E-state index in [1.165, 1.54) is 0 Å². The van der Waals surface area contributed by atoms with Gasteiger partial charge >= 0.3 is 0 Å². The van der Waals surface area contributed by atoms with E-state index in [2.05, 4.69) is 4.98 Å². The molecule has 0 bridgehead atoms. The summed E-state index contributed by atoms with van der Waals surface area (Å²) in [7, 11) is -3.24. The maximum atomic E-state index is 12.6. The summed E-state index contributed by atoms with van der Waals surface area (Å²) in [4.78, 5) is 18.2. The standard InChI is InChI=1S/C16H23N3O3S/c1-2-3-11-23(21,22)18-10-8-15-14(18)6-7-16(20)19(15)13-5-4-9-17-12-13/h4-5,9,12,14-15H,2-3,6-8,10-11H2,1H3/t14-,15-/m1/s1. The molecule has 126 valence electrons. The lowest BCUT2D eigenvalue weighted by molar-refractivity contribution is -0.120. The molecule has 0 N–H and O–H groups in total. The summed E-state index contributed by atoms with van der Waals surface area (Å²) in [5.41, 5.74) is 0.764. The molecule has 2 aliphatic heterocycles. The third-order valence-electron chi connectivity index (χ3n) is 4.75. The van der Waals surface area contributed by atoms with Crippen molar-refractivity contribution >= 4 is 21.6 Å². The van der Waals surface area contributed by atoms with Gasteiger partial charge in [-0.2, -0.15) is 4.31 Å². The third kappa shape index (κ3) is 3.12. The Balaban J connectivity index is 1.85. The minimum absolute atomic E-state index is 0.0621. The number of piperidine rings is 1. The van der Waals surface area contributed by atoms with E-state index in [4.69, 9.17) is 0 Å². The maximum Gasteiger partial charge on any atom is 0.227 e. The van der Waals surface area contributed by atoms with E-state index >= 15 is 0 Å². The molecule has 2 saturated heterocycles. The van der Waals surface area contributed by atoms with Crippen molar-refractivity contribution in [3.63, 3.8) is 0 Å². The summed E-state index contributed by atoms with van der Waals surface area (Å²) < 4.78 is 26.8. The van der Waals surface area contributed by atoms with Gasteiger partial charge in [0.15, 0.2) is 0 Å². The first-order chi connectivity index (χ1) is 11.0. The highest BCUT2D eigenvalue weighted by molar-refractivity contribution is 7.89. The Hall–Kier alpha value is -1.47. The quantitative estimate of drug-likeness (QED) is 0.821. The molecule has 1 aromatic rings. The number of carbonyl (C=O) groups is 1. The number of carbonyl (C=O) groups excluding carboxylic acids is 1. The normalized spacial score (nSPS) is 25.6. The van der Waals surface area contributed by atoms with Gasteiger partial charge in [0, 0.05) is 25.2 Å². The topological polar surface area (TPSA) is 70.6 Å². The van der Waals surface area contributed by atoms with Gasteiger partial charge in [0.05, 0.1) is 23.7 Å². The van der Waals surface area contributed by atoms with E-state index in [1.54, 1.807) is 27.7 Å². The fourth-order valence-electron chi connectivity index (χ4n) is 3.65. The fraction of sp³-hybridized carbons (Fsp3) is 0.625. The van der Waals surface area contributed by atoms with E-state index in [0.717, 1.165) is 12.1 Å². The zero-order chi connectivity index (χ0) is 16.4. The average molecular weight is 337 g/mol. The molecule has 2 atom stereocenters. The third-order valence-corrected chi connectivity index (χ3v) is 6.72. The Morgan fingerprint density at radius 1 is 1.30 bits per heavy atom. The second-order valence-electron chi connectivity index (χ2n) is 6.22. The highest BCUT2D eigenvalue weighted by Crippen LogP contribution is 2.36. The molecule has 0 aliphatic carbocycles. The summed E-state index contributed by atoms with van der Waals surface area (Å²) in [6.07, 6.45) is 6.58. The Labute approximate surface area is 137 Å². The number of aromatic nitrogens is 1. The van der Waals surface area contributed by atoms with Crippen LogP contribution in [0.1, 0.15) is 39.0 Å². The fourth-order valence-corrected chi connectivity index (χ4v) is 5.58. The lowest BCUT2D eigenvalue weighted by atomic mass is 9.96. The van der Waals surface area contributed by atoms with E-state index in [0.29, 0.717) is 32.2 Å². The minimum Gasteiger partial charge on any atom is -0.306 e. The highest BCUT2D eigenvalue weighted by Gasteiger charge is 2.47. The number of pyridine rings is 1. The van der Waals surface area contributed by atoms with Gasteiger partial charge in [-0.25, -0.2) is 8.42 Å². The zero-order valence-electron chi connectivity index (χ0n) is 13.4. The first-order valence-electron chi connectivity index (χ1n) is 8.26. The van der Waals surface area contributed by atoms with Gasteiger partial charge in [0.25, 0.3) is 0 Å². The van der Waals surface area contributed by atoms with E-state index in [9.17, 15) is 13.2 Å². The summed E-state index contributed by atoms with van der Waals surface area (Å²) >= 11 is 0. The predicted molar refractivity (Wildman–Crippen MR) is 88.6 cm³/mol. The van der Waals surface area contributed by atoms with E-state index in [-0.39, 0.29) is 23.7 Å². The van der Waals surface area contributed by atoms with Crippen molar-refractivity contribution in [3.05, 3.63) is 24.5 Å². The molecule has 0 aromatic carbocycles. The van der Waals surface area contributed by atoms with Gasteiger partial charge in [-0.1, -0.05) is 13.3 Å². The first kappa shape index (κ1) is 16.4. The molecule has 2 aliphatic rings. The number of nitrogens with zero attached hydrogens (tertiary/aromatic N) is 3. The minimum atomic E-state index is -3.24. The molecule has 23 heavy (non-hydrogen) atoms. The van der Waals surface area contributed by atoms with Crippen molar-refractivity contribution < 1.29 is 13.2 Å². The summed E-state index contributed by atoms with van der Waals surface area (Å²) in [5.74, 6) is 0.264. The largest absolute Gasteiger partial charge is 0.306 e. The summed E-state index contributed by atoms with van der Waals surface area (Å²) in [6.45, 7) is 2.50. The number of fused-ring (bicyclic) bond motifs is 1. The second-order valence-corrected chi connectivity index (χ2v) is 8.26. The molecular weight excluding hydrogens is 314 g/mol. The molecule has 3 heterocycles. The highest BCUT2D eigenvalue weighted by atomic mass is 32.2. The van der Waals surface area contributed by atoms with Crippen LogP contribution < -0.4 is 4.90 Å². The SMILES string of the molecule is CCCCS(=O)(=O)N1CC[C@@H]2[C@H]1CCC(=O)N2c1cccnc1. The number of anilines is 1. The van der Waals surface area contributed by atoms with Crippen molar-refractivity contribution in [2.24, 2.45) is 0 Å². The Kier molecular flexibility index (Phi) is 4.68.